The van der Waals surface area contributed by atoms with Gasteiger partial charge in [-0.3, -0.25) is 0 Å². The van der Waals surface area contributed by atoms with Gasteiger partial charge in [0.2, 0.25) is 0 Å². The van der Waals surface area contributed by atoms with Crippen molar-refractivity contribution < 1.29 is 9.13 Å². The van der Waals surface area contributed by atoms with Crippen molar-refractivity contribution in [1.82, 2.24) is 4.98 Å². The maximum absolute atomic E-state index is 13.3. The maximum Gasteiger partial charge on any atom is 0.255 e. The van der Waals surface area contributed by atoms with Crippen LogP contribution in [0.15, 0.2) is 18.3 Å². The molecular weight excluding hydrogens is 205 g/mol. The lowest BCUT2D eigenvalue weighted by atomic mass is 9.82. The van der Waals surface area contributed by atoms with Gasteiger partial charge in [0.1, 0.15) is 0 Å². The first-order valence-electron chi connectivity index (χ1n) is 5.92. The lowest BCUT2D eigenvalue weighted by Crippen LogP contribution is -2.28. The molecule has 1 aliphatic rings. The van der Waals surface area contributed by atoms with E-state index < -0.39 is 5.95 Å². The highest BCUT2D eigenvalue weighted by Crippen LogP contribution is 2.31. The van der Waals surface area contributed by atoms with Crippen molar-refractivity contribution in [2.45, 2.75) is 39.2 Å². The van der Waals surface area contributed by atoms with E-state index in [4.69, 9.17) is 4.74 Å². The summed E-state index contributed by atoms with van der Waals surface area (Å²) in [7, 11) is 0. The average Bonchev–Trinajstić information content (AvgIpc) is 2.20. The molecule has 0 aromatic carbocycles. The van der Waals surface area contributed by atoms with Gasteiger partial charge in [-0.2, -0.15) is 4.39 Å². The van der Waals surface area contributed by atoms with Crippen LogP contribution in [0.25, 0.3) is 0 Å². The smallest absolute Gasteiger partial charge is 0.255 e. The van der Waals surface area contributed by atoms with Crippen LogP contribution in [0, 0.1) is 17.8 Å². The van der Waals surface area contributed by atoms with Crippen molar-refractivity contribution in [2.75, 3.05) is 0 Å². The third-order valence-corrected chi connectivity index (χ3v) is 3.15. The lowest BCUT2D eigenvalue weighted by Gasteiger charge is -2.31. The van der Waals surface area contributed by atoms with E-state index in [1.165, 1.54) is 12.6 Å². The zero-order valence-corrected chi connectivity index (χ0v) is 9.82. The second-order valence-corrected chi connectivity index (χ2v) is 4.95. The summed E-state index contributed by atoms with van der Waals surface area (Å²) in [5, 5.41) is 0. The van der Waals surface area contributed by atoms with E-state index in [0.29, 0.717) is 11.8 Å². The number of hydrogen-bond donors (Lipinski definition) is 0. The highest BCUT2D eigenvalue weighted by molar-refractivity contribution is 5.18. The molecule has 0 radical (unpaired) electrons. The zero-order chi connectivity index (χ0) is 11.5. The molecule has 0 saturated heterocycles. The van der Waals surface area contributed by atoms with Gasteiger partial charge in [-0.25, -0.2) is 4.98 Å². The van der Waals surface area contributed by atoms with Crippen LogP contribution in [0.4, 0.5) is 4.39 Å². The maximum atomic E-state index is 13.3. The molecule has 2 atom stereocenters. The van der Waals surface area contributed by atoms with Gasteiger partial charge in [0, 0.05) is 6.20 Å². The van der Waals surface area contributed by atoms with Crippen LogP contribution in [0.1, 0.15) is 33.1 Å². The first kappa shape index (κ1) is 11.4. The summed E-state index contributed by atoms with van der Waals surface area (Å²) in [5.41, 5.74) is 0. The van der Waals surface area contributed by atoms with E-state index in [-0.39, 0.29) is 11.9 Å². The van der Waals surface area contributed by atoms with Crippen molar-refractivity contribution in [3.63, 3.8) is 0 Å². The Morgan fingerprint density at radius 3 is 2.56 bits per heavy atom. The van der Waals surface area contributed by atoms with Crippen LogP contribution in [0.3, 0.4) is 0 Å². The van der Waals surface area contributed by atoms with Crippen LogP contribution < -0.4 is 4.74 Å². The van der Waals surface area contributed by atoms with E-state index in [1.807, 2.05) is 0 Å². The fraction of sp³-hybridized carbons (Fsp3) is 0.615. The zero-order valence-electron chi connectivity index (χ0n) is 9.82. The molecule has 1 aromatic heterocycles. The van der Waals surface area contributed by atoms with Gasteiger partial charge in [-0.15, -0.1) is 0 Å². The summed E-state index contributed by atoms with van der Waals surface area (Å²) in [6, 6.07) is 3.35. The summed E-state index contributed by atoms with van der Waals surface area (Å²) < 4.78 is 19.0. The Kier molecular flexibility index (Phi) is 3.42. The van der Waals surface area contributed by atoms with Gasteiger partial charge in [-0.1, -0.05) is 13.8 Å². The Morgan fingerprint density at radius 2 is 1.94 bits per heavy atom. The molecule has 0 N–H and O–H groups in total. The molecule has 2 nitrogen and oxygen atoms in total. The molecule has 0 bridgehead atoms. The first-order chi connectivity index (χ1) is 7.65. The fourth-order valence-corrected chi connectivity index (χ4v) is 2.61. The van der Waals surface area contributed by atoms with Gasteiger partial charge in [0.15, 0.2) is 5.75 Å². The number of pyridine rings is 1. The molecule has 1 aliphatic carbocycles. The van der Waals surface area contributed by atoms with Gasteiger partial charge in [-0.05, 0) is 43.2 Å². The molecule has 1 aromatic rings. The summed E-state index contributed by atoms with van der Waals surface area (Å²) in [4.78, 5) is 3.59. The van der Waals surface area contributed by atoms with Crippen molar-refractivity contribution in [3.05, 3.63) is 24.3 Å². The highest BCUT2D eigenvalue weighted by atomic mass is 19.1. The van der Waals surface area contributed by atoms with Gasteiger partial charge in [0.25, 0.3) is 5.95 Å². The Morgan fingerprint density at radius 1 is 1.25 bits per heavy atom. The molecule has 0 spiro atoms. The predicted octanol–water partition coefficient (Wildman–Crippen LogP) is 3.42. The van der Waals surface area contributed by atoms with Gasteiger partial charge in [0.05, 0.1) is 6.10 Å². The molecule has 3 heteroatoms. The summed E-state index contributed by atoms with van der Waals surface area (Å²) in [5.74, 6) is 1.10. The van der Waals surface area contributed by atoms with Crippen LogP contribution >= 0.6 is 0 Å². The number of hydrogen-bond acceptors (Lipinski definition) is 2. The molecule has 0 amide bonds. The standard InChI is InChI=1S/C13H18FNO/c1-9-6-10(2)8-11(7-9)16-12-4-3-5-15-13(12)14/h3-5,9-11H,6-8H2,1-2H3. The number of ether oxygens (including phenoxy) is 1. The minimum Gasteiger partial charge on any atom is -0.486 e. The quantitative estimate of drug-likeness (QED) is 0.717. The largest absolute Gasteiger partial charge is 0.486 e. The topological polar surface area (TPSA) is 22.1 Å². The monoisotopic (exact) mass is 223 g/mol. The fourth-order valence-electron chi connectivity index (χ4n) is 2.61. The van der Waals surface area contributed by atoms with Crippen LogP contribution in [-0.4, -0.2) is 11.1 Å². The van der Waals surface area contributed by atoms with Gasteiger partial charge >= 0.3 is 0 Å². The van der Waals surface area contributed by atoms with Crippen LogP contribution in [0.2, 0.25) is 0 Å². The average molecular weight is 223 g/mol. The van der Waals surface area contributed by atoms with Crippen molar-refractivity contribution in [1.29, 1.82) is 0 Å². The Bertz CT molecular complexity index is 346. The van der Waals surface area contributed by atoms with Crippen molar-refractivity contribution >= 4 is 0 Å². The molecule has 1 heterocycles. The number of aromatic nitrogens is 1. The number of halogens is 1. The predicted molar refractivity (Wildman–Crippen MR) is 60.8 cm³/mol. The Labute approximate surface area is 95.8 Å². The molecule has 0 aliphatic heterocycles. The van der Waals surface area contributed by atoms with E-state index in [9.17, 15) is 4.39 Å². The van der Waals surface area contributed by atoms with Crippen LogP contribution in [0.5, 0.6) is 5.75 Å². The van der Waals surface area contributed by atoms with Crippen molar-refractivity contribution in [3.8, 4) is 5.75 Å². The number of nitrogens with zero attached hydrogens (tertiary/aromatic N) is 1. The van der Waals surface area contributed by atoms with Crippen molar-refractivity contribution in [2.24, 2.45) is 11.8 Å². The molecule has 2 unspecified atom stereocenters. The first-order valence-corrected chi connectivity index (χ1v) is 5.92. The van der Waals surface area contributed by atoms with E-state index >= 15 is 0 Å². The third-order valence-electron chi connectivity index (χ3n) is 3.15. The molecular formula is C13H18FNO. The lowest BCUT2D eigenvalue weighted by molar-refractivity contribution is 0.0961. The minimum atomic E-state index is -0.506. The summed E-state index contributed by atoms with van der Waals surface area (Å²) >= 11 is 0. The highest BCUT2D eigenvalue weighted by Gasteiger charge is 2.25. The SMILES string of the molecule is CC1CC(C)CC(Oc2cccnc2F)C1. The normalized spacial score (nSPS) is 30.1. The molecule has 1 fully saturated rings. The third kappa shape index (κ3) is 2.71. The second kappa shape index (κ2) is 4.81. The number of rotatable bonds is 2. The molecule has 1 saturated carbocycles. The Balaban J connectivity index is 2.02. The molecule has 2 rings (SSSR count). The van der Waals surface area contributed by atoms with Crippen LogP contribution in [-0.2, 0) is 0 Å². The molecule has 16 heavy (non-hydrogen) atoms. The van der Waals surface area contributed by atoms with E-state index in [0.717, 1.165) is 12.8 Å². The Hall–Kier alpha value is -1.12. The van der Waals surface area contributed by atoms with E-state index in [1.54, 1.807) is 12.1 Å². The second-order valence-electron chi connectivity index (χ2n) is 4.95. The molecule has 88 valence electrons. The minimum absolute atomic E-state index is 0.137. The summed E-state index contributed by atoms with van der Waals surface area (Å²) in [6.45, 7) is 4.46. The summed E-state index contributed by atoms with van der Waals surface area (Å²) in [6.07, 6.45) is 4.85. The van der Waals surface area contributed by atoms with E-state index in [2.05, 4.69) is 18.8 Å². The van der Waals surface area contributed by atoms with Gasteiger partial charge < -0.3 is 4.74 Å².